The van der Waals surface area contributed by atoms with Crippen molar-refractivity contribution in [2.45, 2.75) is 6.10 Å². The fourth-order valence-electron chi connectivity index (χ4n) is 1.72. The molecule has 0 aliphatic carbocycles. The van der Waals surface area contributed by atoms with Crippen LogP contribution in [0.1, 0.15) is 0 Å². The van der Waals surface area contributed by atoms with Crippen molar-refractivity contribution in [1.29, 1.82) is 0 Å². The predicted molar refractivity (Wildman–Crippen MR) is 64.3 cm³/mol. The first kappa shape index (κ1) is 14.3. The van der Waals surface area contributed by atoms with E-state index in [4.69, 9.17) is 4.74 Å². The highest BCUT2D eigenvalue weighted by Gasteiger charge is 2.25. The molecular formula is C11H11F2N3O4. The van der Waals surface area contributed by atoms with Gasteiger partial charge in [0.05, 0.1) is 17.2 Å². The summed E-state index contributed by atoms with van der Waals surface area (Å²) in [6.45, 7) is 1.17. The van der Waals surface area contributed by atoms with E-state index in [0.717, 1.165) is 0 Å². The maximum atomic E-state index is 13.5. The lowest BCUT2D eigenvalue weighted by Crippen LogP contribution is -2.45. The molecule has 1 heterocycles. The number of nitro benzene ring substituents is 1. The summed E-state index contributed by atoms with van der Waals surface area (Å²) in [6.07, 6.45) is -0.827. The van der Waals surface area contributed by atoms with Crippen molar-refractivity contribution in [3.05, 3.63) is 33.9 Å². The van der Waals surface area contributed by atoms with Crippen LogP contribution in [-0.2, 0) is 9.53 Å². The van der Waals surface area contributed by atoms with E-state index in [0.29, 0.717) is 25.3 Å². The molecule has 1 atom stereocenters. The van der Waals surface area contributed by atoms with Crippen LogP contribution >= 0.6 is 0 Å². The second-order valence-electron chi connectivity index (χ2n) is 4.09. The van der Waals surface area contributed by atoms with Gasteiger partial charge in [0.2, 0.25) is 5.82 Å². The van der Waals surface area contributed by atoms with Gasteiger partial charge in [-0.3, -0.25) is 14.9 Å². The molecule has 2 N–H and O–H groups in total. The normalized spacial score (nSPS) is 18.6. The molecule has 1 amide bonds. The molecule has 1 aromatic carbocycles. The molecule has 0 aromatic heterocycles. The third-order valence-electron chi connectivity index (χ3n) is 2.71. The zero-order valence-electron chi connectivity index (χ0n) is 10.2. The molecule has 9 heteroatoms. The van der Waals surface area contributed by atoms with Crippen molar-refractivity contribution in [2.75, 3.05) is 25.0 Å². The van der Waals surface area contributed by atoms with Crippen LogP contribution in [0, 0.1) is 21.7 Å². The molecule has 0 radical (unpaired) electrons. The Morgan fingerprint density at radius 2 is 2.20 bits per heavy atom. The number of ether oxygens (including phenoxy) is 1. The molecule has 0 bridgehead atoms. The van der Waals surface area contributed by atoms with Crippen molar-refractivity contribution < 1.29 is 23.2 Å². The lowest BCUT2D eigenvalue weighted by molar-refractivity contribution is -0.387. The van der Waals surface area contributed by atoms with E-state index in [1.807, 2.05) is 0 Å². The van der Waals surface area contributed by atoms with E-state index in [2.05, 4.69) is 10.6 Å². The number of nitrogens with zero attached hydrogens (tertiary/aromatic N) is 1. The largest absolute Gasteiger partial charge is 0.366 e. The fraction of sp³-hybridized carbons (Fsp3) is 0.364. The Balaban J connectivity index is 2.18. The summed E-state index contributed by atoms with van der Waals surface area (Å²) in [6, 6.07) is 0.993. The van der Waals surface area contributed by atoms with Crippen LogP contribution in [-0.4, -0.2) is 36.6 Å². The Morgan fingerprint density at radius 1 is 1.45 bits per heavy atom. The van der Waals surface area contributed by atoms with E-state index >= 15 is 0 Å². The first-order chi connectivity index (χ1) is 9.49. The maximum Gasteiger partial charge on any atom is 0.307 e. The van der Waals surface area contributed by atoms with Gasteiger partial charge >= 0.3 is 5.69 Å². The second kappa shape index (κ2) is 5.88. The van der Waals surface area contributed by atoms with Gasteiger partial charge < -0.3 is 15.4 Å². The number of nitrogens with one attached hydrogen (secondary N) is 2. The topological polar surface area (TPSA) is 93.5 Å². The van der Waals surface area contributed by atoms with Gasteiger partial charge in [0, 0.05) is 25.2 Å². The van der Waals surface area contributed by atoms with Crippen molar-refractivity contribution in [3.63, 3.8) is 0 Å². The molecule has 7 nitrogen and oxygen atoms in total. The number of hydrogen-bond acceptors (Lipinski definition) is 5. The zero-order valence-corrected chi connectivity index (χ0v) is 10.2. The van der Waals surface area contributed by atoms with E-state index in [1.165, 1.54) is 0 Å². The van der Waals surface area contributed by atoms with Crippen LogP contribution in [0.2, 0.25) is 0 Å². The second-order valence-corrected chi connectivity index (χ2v) is 4.09. The fourth-order valence-corrected chi connectivity index (χ4v) is 1.72. The van der Waals surface area contributed by atoms with Crippen LogP contribution in [0.3, 0.4) is 0 Å². The molecule has 20 heavy (non-hydrogen) atoms. The quantitative estimate of drug-likeness (QED) is 0.633. The minimum Gasteiger partial charge on any atom is -0.366 e. The summed E-state index contributed by atoms with van der Waals surface area (Å²) in [7, 11) is 0. The molecule has 1 fully saturated rings. The number of morpholine rings is 1. The van der Waals surface area contributed by atoms with E-state index in [1.54, 1.807) is 0 Å². The van der Waals surface area contributed by atoms with Crippen molar-refractivity contribution in [3.8, 4) is 0 Å². The Kier molecular flexibility index (Phi) is 4.20. The molecule has 108 valence electrons. The number of nitro groups is 1. The number of carbonyl (C=O) groups excluding carboxylic acids is 1. The molecule has 0 saturated carbocycles. The third-order valence-corrected chi connectivity index (χ3v) is 2.71. The number of benzene rings is 1. The van der Waals surface area contributed by atoms with Gasteiger partial charge in [-0.05, 0) is 0 Å². The zero-order chi connectivity index (χ0) is 14.7. The van der Waals surface area contributed by atoms with Crippen LogP contribution in [0.4, 0.5) is 20.2 Å². The molecular weight excluding hydrogens is 276 g/mol. The molecule has 1 aromatic rings. The van der Waals surface area contributed by atoms with Crippen molar-refractivity contribution in [2.24, 2.45) is 0 Å². The highest BCUT2D eigenvalue weighted by Crippen LogP contribution is 2.25. The summed E-state index contributed by atoms with van der Waals surface area (Å²) in [5.41, 5.74) is -1.37. The van der Waals surface area contributed by atoms with Gasteiger partial charge in [-0.1, -0.05) is 0 Å². The Labute approximate surface area is 112 Å². The van der Waals surface area contributed by atoms with Crippen molar-refractivity contribution in [1.82, 2.24) is 5.32 Å². The van der Waals surface area contributed by atoms with Gasteiger partial charge in [-0.15, -0.1) is 0 Å². The van der Waals surface area contributed by atoms with Gasteiger partial charge in [-0.25, -0.2) is 4.39 Å². The van der Waals surface area contributed by atoms with Crippen LogP contribution < -0.4 is 10.6 Å². The summed E-state index contributed by atoms with van der Waals surface area (Å²) >= 11 is 0. The van der Waals surface area contributed by atoms with Gasteiger partial charge in [0.15, 0.2) is 0 Å². The predicted octanol–water partition coefficient (Wildman–Crippen LogP) is 0.800. The number of carbonyl (C=O) groups is 1. The molecule has 2 rings (SSSR count). The maximum absolute atomic E-state index is 13.5. The van der Waals surface area contributed by atoms with Crippen LogP contribution in [0.5, 0.6) is 0 Å². The minimum absolute atomic E-state index is 0.247. The van der Waals surface area contributed by atoms with Crippen molar-refractivity contribution >= 4 is 17.3 Å². The highest BCUT2D eigenvalue weighted by atomic mass is 19.1. The summed E-state index contributed by atoms with van der Waals surface area (Å²) in [5, 5.41) is 15.6. The van der Waals surface area contributed by atoms with E-state index in [-0.39, 0.29) is 6.54 Å². The number of hydrogen-bond donors (Lipinski definition) is 2. The lowest BCUT2D eigenvalue weighted by atomic mass is 10.2. The lowest BCUT2D eigenvalue weighted by Gasteiger charge is -2.22. The number of amides is 1. The van der Waals surface area contributed by atoms with Crippen LogP contribution in [0.15, 0.2) is 12.1 Å². The Hall–Kier alpha value is -2.13. The first-order valence-electron chi connectivity index (χ1n) is 5.75. The minimum atomic E-state index is -1.30. The van der Waals surface area contributed by atoms with E-state index in [9.17, 15) is 23.7 Å². The molecule has 1 aliphatic heterocycles. The standard InChI is InChI=1S/C11H11F2N3O4/c12-6-3-7(13)9(16(18)19)4-8(6)15-11(17)10-5-14-1-2-20-10/h3-4,10,14H,1-2,5H2,(H,15,17). The average Bonchev–Trinajstić information content (AvgIpc) is 2.42. The van der Waals surface area contributed by atoms with Crippen LogP contribution in [0.25, 0.3) is 0 Å². The summed E-state index contributed by atoms with van der Waals surface area (Å²) in [4.78, 5) is 21.4. The molecule has 1 aliphatic rings. The van der Waals surface area contributed by atoms with Gasteiger partial charge in [0.1, 0.15) is 11.9 Å². The number of halogens is 2. The SMILES string of the molecule is O=C(Nc1cc([N+](=O)[O-])c(F)cc1F)C1CNCCO1. The first-order valence-corrected chi connectivity index (χ1v) is 5.75. The average molecular weight is 287 g/mol. The van der Waals surface area contributed by atoms with Gasteiger partial charge in [0.25, 0.3) is 5.91 Å². The van der Waals surface area contributed by atoms with Gasteiger partial charge in [-0.2, -0.15) is 4.39 Å². The monoisotopic (exact) mass is 287 g/mol. The summed E-state index contributed by atoms with van der Waals surface area (Å²) in [5.74, 6) is -3.05. The molecule has 1 unspecified atom stereocenters. The number of rotatable bonds is 3. The Morgan fingerprint density at radius 3 is 2.80 bits per heavy atom. The highest BCUT2D eigenvalue weighted by molar-refractivity contribution is 5.94. The molecule has 1 saturated heterocycles. The third kappa shape index (κ3) is 3.06. The van der Waals surface area contributed by atoms with E-state index < -0.39 is 39.9 Å². The summed E-state index contributed by atoms with van der Waals surface area (Å²) < 4.78 is 31.8. The number of anilines is 1. The smallest absolute Gasteiger partial charge is 0.307 e. The molecule has 0 spiro atoms. The Bertz CT molecular complexity index is 547.